The molecular formula is C21H12Cl2F3N9O2. The molecule has 4 rings (SSSR count). The zero-order valence-electron chi connectivity index (χ0n) is 18.1. The lowest BCUT2D eigenvalue weighted by Gasteiger charge is -2.09. The first-order valence-corrected chi connectivity index (χ1v) is 10.4. The van der Waals surface area contributed by atoms with Crippen molar-refractivity contribution in [3.05, 3.63) is 85.6 Å². The van der Waals surface area contributed by atoms with Gasteiger partial charge in [-0.3, -0.25) is 10.1 Å². The molecule has 2 heterocycles. The van der Waals surface area contributed by atoms with Gasteiger partial charge in [-0.2, -0.15) is 33.9 Å². The van der Waals surface area contributed by atoms with E-state index >= 15 is 0 Å². The number of halogens is 5. The zero-order chi connectivity index (χ0) is 27.5. The Morgan fingerprint density at radius 2 is 1.43 bits per heavy atom. The summed E-state index contributed by atoms with van der Waals surface area (Å²) in [6.45, 7) is 0. The topological polar surface area (TPSA) is 178 Å². The first-order chi connectivity index (χ1) is 17.4. The number of hydrogen-bond acceptors (Lipinski definition) is 8. The highest BCUT2D eigenvalue weighted by Crippen LogP contribution is 2.35. The van der Waals surface area contributed by atoms with Crippen LogP contribution in [0.1, 0.15) is 16.7 Å². The van der Waals surface area contributed by atoms with Crippen molar-refractivity contribution < 1.29 is 18.1 Å². The van der Waals surface area contributed by atoms with Crippen LogP contribution in [0.2, 0.25) is 10.0 Å². The van der Waals surface area contributed by atoms with E-state index in [4.69, 9.17) is 45.2 Å². The van der Waals surface area contributed by atoms with Crippen molar-refractivity contribution in [3.63, 3.8) is 0 Å². The molecule has 0 aliphatic rings. The van der Waals surface area contributed by atoms with Gasteiger partial charge in [0.25, 0.3) is 5.69 Å². The number of nitrogens with zero attached hydrogens (tertiary/aromatic N) is 7. The fraction of sp³-hybridized carbons (Fsp3) is 0.0476. The van der Waals surface area contributed by atoms with E-state index in [0.717, 1.165) is 16.9 Å². The van der Waals surface area contributed by atoms with E-state index in [2.05, 4.69) is 10.2 Å². The molecule has 0 amide bonds. The molecule has 188 valence electrons. The number of hydrogen-bond donors (Lipinski definition) is 2. The molecule has 2 aromatic heterocycles. The van der Waals surface area contributed by atoms with E-state index in [9.17, 15) is 23.3 Å². The Hall–Kier alpha value is -4.79. The maximum Gasteiger partial charge on any atom is 0.416 e. The first kappa shape index (κ1) is 26.8. The van der Waals surface area contributed by atoms with Crippen molar-refractivity contribution in [2.75, 3.05) is 11.5 Å². The Kier molecular flexibility index (Phi) is 7.57. The maximum atomic E-state index is 12.6. The first-order valence-electron chi connectivity index (χ1n) is 9.67. The van der Waals surface area contributed by atoms with Crippen LogP contribution in [-0.4, -0.2) is 24.5 Å². The normalized spacial score (nSPS) is 10.7. The van der Waals surface area contributed by atoms with E-state index < -0.39 is 22.4 Å². The molecule has 0 spiro atoms. The maximum absolute atomic E-state index is 12.6. The number of rotatable bonds is 3. The summed E-state index contributed by atoms with van der Waals surface area (Å²) < 4.78 is 40.0. The number of benzene rings is 2. The lowest BCUT2D eigenvalue weighted by molar-refractivity contribution is -0.384. The van der Waals surface area contributed by atoms with E-state index in [-0.39, 0.29) is 22.9 Å². The van der Waals surface area contributed by atoms with Gasteiger partial charge in [-0.15, -0.1) is 0 Å². The van der Waals surface area contributed by atoms with Gasteiger partial charge in [0.05, 0.1) is 33.6 Å². The zero-order valence-corrected chi connectivity index (χ0v) is 19.6. The van der Waals surface area contributed by atoms with Gasteiger partial charge in [0, 0.05) is 11.1 Å². The number of nitriles is 2. The van der Waals surface area contributed by atoms with Gasteiger partial charge >= 0.3 is 6.18 Å². The molecule has 16 heteroatoms. The summed E-state index contributed by atoms with van der Waals surface area (Å²) >= 11 is 11.8. The van der Waals surface area contributed by atoms with E-state index in [0.29, 0.717) is 33.4 Å². The molecule has 0 aliphatic carbocycles. The summed E-state index contributed by atoms with van der Waals surface area (Å²) in [5.41, 5.74) is 9.94. The van der Waals surface area contributed by atoms with Crippen molar-refractivity contribution in [2.24, 2.45) is 0 Å². The number of nitro benzene ring substituents is 1. The fourth-order valence-electron chi connectivity index (χ4n) is 2.95. The molecular weight excluding hydrogens is 538 g/mol. The standard InChI is InChI=1S/C11H6F3N5O2.C10H6Cl2N4/c12-11(13,14)7-1-2-8(9(3-7)19(20)21)18-10(16)6(4-15)5-17-18;11-7-1-2-9(8(12)3-7)16-10(14)6(4-13)5-15-16/h1-3,5H,16H2;1-3,5H,14H2. The molecule has 0 unspecified atom stereocenters. The van der Waals surface area contributed by atoms with Gasteiger partial charge in [0.2, 0.25) is 0 Å². The Morgan fingerprint density at radius 3 is 1.86 bits per heavy atom. The monoisotopic (exact) mass is 549 g/mol. The van der Waals surface area contributed by atoms with Gasteiger partial charge in [-0.1, -0.05) is 23.2 Å². The molecule has 0 atom stereocenters. The van der Waals surface area contributed by atoms with E-state index in [1.54, 1.807) is 24.3 Å². The molecule has 0 bridgehead atoms. The van der Waals surface area contributed by atoms with Crippen molar-refractivity contribution >= 4 is 40.5 Å². The highest BCUT2D eigenvalue weighted by atomic mass is 35.5. The highest BCUT2D eigenvalue weighted by Gasteiger charge is 2.33. The van der Waals surface area contributed by atoms with Crippen molar-refractivity contribution in [1.29, 1.82) is 10.5 Å². The third-order valence-electron chi connectivity index (χ3n) is 4.72. The Labute approximate surface area is 215 Å². The second kappa shape index (κ2) is 10.4. The molecule has 0 saturated heterocycles. The van der Waals surface area contributed by atoms with Crippen LogP contribution in [0, 0.1) is 32.8 Å². The fourth-order valence-corrected chi connectivity index (χ4v) is 3.44. The Balaban J connectivity index is 0.000000213. The molecule has 0 saturated carbocycles. The third-order valence-corrected chi connectivity index (χ3v) is 5.26. The number of alkyl halides is 3. The summed E-state index contributed by atoms with van der Waals surface area (Å²) in [7, 11) is 0. The second-order valence-corrected chi connectivity index (χ2v) is 7.83. The van der Waals surface area contributed by atoms with Gasteiger partial charge in [0.15, 0.2) is 0 Å². The summed E-state index contributed by atoms with van der Waals surface area (Å²) in [6.07, 6.45) is -2.26. The lowest BCUT2D eigenvalue weighted by atomic mass is 10.1. The van der Waals surface area contributed by atoms with Gasteiger partial charge < -0.3 is 11.5 Å². The van der Waals surface area contributed by atoms with Gasteiger partial charge in [0.1, 0.15) is 40.6 Å². The van der Waals surface area contributed by atoms with Crippen LogP contribution in [-0.2, 0) is 6.18 Å². The second-order valence-electron chi connectivity index (χ2n) is 6.99. The number of nitro groups is 1. The summed E-state index contributed by atoms with van der Waals surface area (Å²) in [5, 5.41) is 37.1. The van der Waals surface area contributed by atoms with Crippen LogP contribution >= 0.6 is 23.2 Å². The van der Waals surface area contributed by atoms with Crippen LogP contribution in [0.3, 0.4) is 0 Å². The molecule has 2 aromatic carbocycles. The molecule has 4 aromatic rings. The Morgan fingerprint density at radius 1 is 0.919 bits per heavy atom. The highest BCUT2D eigenvalue weighted by molar-refractivity contribution is 6.35. The van der Waals surface area contributed by atoms with Crippen LogP contribution in [0.15, 0.2) is 48.8 Å². The average molecular weight is 550 g/mol. The van der Waals surface area contributed by atoms with Crippen LogP contribution in [0.25, 0.3) is 11.4 Å². The summed E-state index contributed by atoms with van der Waals surface area (Å²) in [4.78, 5) is 9.98. The molecule has 4 N–H and O–H groups in total. The summed E-state index contributed by atoms with van der Waals surface area (Å²) in [6, 6.07) is 10.6. The molecule has 0 fully saturated rings. The molecule has 37 heavy (non-hydrogen) atoms. The van der Waals surface area contributed by atoms with Crippen LogP contribution in [0.4, 0.5) is 30.5 Å². The van der Waals surface area contributed by atoms with Crippen LogP contribution < -0.4 is 11.5 Å². The predicted molar refractivity (Wildman–Crippen MR) is 127 cm³/mol. The smallest absolute Gasteiger partial charge is 0.382 e. The Bertz CT molecular complexity index is 1580. The minimum atomic E-state index is -4.71. The SMILES string of the molecule is N#Cc1cnn(-c2ccc(C(F)(F)F)cc2[N+](=O)[O-])c1N.N#Cc1cnn(-c2ccc(Cl)cc2Cl)c1N. The average Bonchev–Trinajstić information content (AvgIpc) is 3.40. The van der Waals surface area contributed by atoms with Gasteiger partial charge in [-0.25, -0.2) is 9.36 Å². The van der Waals surface area contributed by atoms with Gasteiger partial charge in [-0.05, 0) is 30.3 Å². The van der Waals surface area contributed by atoms with Crippen LogP contribution in [0.5, 0.6) is 0 Å². The number of nitrogen functional groups attached to an aromatic ring is 2. The van der Waals surface area contributed by atoms with Crippen molar-refractivity contribution in [2.45, 2.75) is 6.18 Å². The number of aromatic nitrogens is 4. The van der Waals surface area contributed by atoms with E-state index in [1.807, 2.05) is 6.07 Å². The molecule has 0 radical (unpaired) electrons. The predicted octanol–water partition coefficient (Wildman–Crippen LogP) is 4.89. The third kappa shape index (κ3) is 5.56. The summed E-state index contributed by atoms with van der Waals surface area (Å²) in [5.74, 6) is 0.0621. The van der Waals surface area contributed by atoms with E-state index in [1.165, 1.54) is 10.9 Å². The quantitative estimate of drug-likeness (QED) is 0.267. The minimum absolute atomic E-state index is 0.0378. The molecule has 11 nitrogen and oxygen atoms in total. The largest absolute Gasteiger partial charge is 0.416 e. The lowest BCUT2D eigenvalue weighted by Crippen LogP contribution is -2.09. The van der Waals surface area contributed by atoms with Crippen molar-refractivity contribution in [1.82, 2.24) is 19.6 Å². The van der Waals surface area contributed by atoms with Crippen molar-refractivity contribution in [3.8, 4) is 23.5 Å². The molecule has 0 aliphatic heterocycles. The number of nitrogens with two attached hydrogens (primary N) is 2. The number of anilines is 2. The minimum Gasteiger partial charge on any atom is -0.382 e.